The van der Waals surface area contributed by atoms with Crippen LogP contribution in [-0.2, 0) is 20.1 Å². The SMILES string of the molecule is CC[C@@](C)(N)c1cnc(O[C@H](C)CCS(C)(=O)=O)c2cnc(Nc3ccc4c(n3)[C@@H](C)C(C)(C)OC4=O)cc12. The molecule has 0 radical (unpaired) electrons. The quantitative estimate of drug-likeness (QED) is 0.359. The molecule has 3 aromatic heterocycles. The lowest BCUT2D eigenvalue weighted by Gasteiger charge is -2.36. The Morgan fingerprint density at radius 2 is 1.92 bits per heavy atom. The zero-order valence-electron chi connectivity index (χ0n) is 23.5. The number of sulfone groups is 1. The van der Waals surface area contributed by atoms with Gasteiger partial charge in [-0.15, -0.1) is 0 Å². The summed E-state index contributed by atoms with van der Waals surface area (Å²) >= 11 is 0. The Balaban J connectivity index is 1.71. The van der Waals surface area contributed by atoms with Crippen LogP contribution in [-0.4, -0.2) is 53.1 Å². The molecule has 210 valence electrons. The van der Waals surface area contributed by atoms with Gasteiger partial charge in [-0.2, -0.15) is 0 Å². The van der Waals surface area contributed by atoms with E-state index in [1.807, 2.05) is 47.6 Å². The Morgan fingerprint density at radius 3 is 2.59 bits per heavy atom. The van der Waals surface area contributed by atoms with E-state index in [-0.39, 0.29) is 23.7 Å². The fourth-order valence-corrected chi connectivity index (χ4v) is 5.20. The fourth-order valence-electron chi connectivity index (χ4n) is 4.44. The standard InChI is InChI=1S/C28H37N5O5S/c1-8-28(6,29)21-15-31-25(37-16(2)11-12-39(7,35)36)20-14-30-23(13-19(20)21)32-22-10-9-18-24(33-22)17(3)27(4,5)38-26(18)34/h9-10,13-17H,8,11-12,29H2,1-7H3,(H,30,32,33)/t16-,17-,28-/m1/s1. The van der Waals surface area contributed by atoms with Crippen LogP contribution in [0.1, 0.15) is 81.9 Å². The van der Waals surface area contributed by atoms with Gasteiger partial charge in [-0.25, -0.2) is 28.2 Å². The van der Waals surface area contributed by atoms with Crippen molar-refractivity contribution in [1.29, 1.82) is 0 Å². The highest BCUT2D eigenvalue weighted by Crippen LogP contribution is 2.38. The highest BCUT2D eigenvalue weighted by molar-refractivity contribution is 7.90. The van der Waals surface area contributed by atoms with Crippen LogP contribution in [0.4, 0.5) is 11.6 Å². The normalized spacial score (nSPS) is 19.1. The third-order valence-corrected chi connectivity index (χ3v) is 8.48. The topological polar surface area (TPSA) is 146 Å². The van der Waals surface area contributed by atoms with Crippen molar-refractivity contribution in [3.05, 3.63) is 47.4 Å². The van der Waals surface area contributed by atoms with Gasteiger partial charge in [-0.1, -0.05) is 13.8 Å². The van der Waals surface area contributed by atoms with E-state index in [1.54, 1.807) is 24.5 Å². The molecule has 0 spiro atoms. The van der Waals surface area contributed by atoms with E-state index in [1.165, 1.54) is 6.26 Å². The average Bonchev–Trinajstić information content (AvgIpc) is 2.85. The summed E-state index contributed by atoms with van der Waals surface area (Å²) in [4.78, 5) is 26.3. The largest absolute Gasteiger partial charge is 0.474 e. The number of nitrogens with one attached hydrogen (secondary N) is 1. The molecule has 4 rings (SSSR count). The number of ether oxygens (including phenoxy) is 2. The second-order valence-electron chi connectivity index (χ2n) is 11.2. The molecule has 0 saturated carbocycles. The van der Waals surface area contributed by atoms with Crippen molar-refractivity contribution >= 4 is 38.2 Å². The first kappa shape index (κ1) is 28.7. The van der Waals surface area contributed by atoms with Crippen LogP contribution in [0, 0.1) is 0 Å². The van der Waals surface area contributed by atoms with Gasteiger partial charge in [0.25, 0.3) is 0 Å². The molecule has 11 heteroatoms. The van der Waals surface area contributed by atoms with Gasteiger partial charge in [-0.05, 0) is 69.7 Å². The van der Waals surface area contributed by atoms with Gasteiger partial charge in [0, 0.05) is 30.1 Å². The Labute approximate surface area is 229 Å². The monoisotopic (exact) mass is 555 g/mol. The van der Waals surface area contributed by atoms with Crippen LogP contribution >= 0.6 is 0 Å². The highest BCUT2D eigenvalue weighted by Gasteiger charge is 2.40. The Kier molecular flexibility index (Phi) is 7.61. The Morgan fingerprint density at radius 1 is 1.21 bits per heavy atom. The number of rotatable bonds is 9. The molecule has 0 fully saturated rings. The van der Waals surface area contributed by atoms with Crippen molar-refractivity contribution in [1.82, 2.24) is 15.0 Å². The minimum atomic E-state index is -3.11. The van der Waals surface area contributed by atoms with Crippen LogP contribution in [0.25, 0.3) is 10.8 Å². The lowest BCUT2D eigenvalue weighted by molar-refractivity contribution is -0.0189. The van der Waals surface area contributed by atoms with E-state index < -0.39 is 21.0 Å². The number of anilines is 2. The summed E-state index contributed by atoms with van der Waals surface area (Å²) in [6.07, 6.45) is 5.23. The molecule has 0 amide bonds. The lowest BCUT2D eigenvalue weighted by atomic mass is 9.84. The first-order chi connectivity index (χ1) is 18.1. The van der Waals surface area contributed by atoms with Crippen molar-refractivity contribution in [3.8, 4) is 5.88 Å². The minimum absolute atomic E-state index is 0.0223. The van der Waals surface area contributed by atoms with E-state index in [4.69, 9.17) is 20.2 Å². The van der Waals surface area contributed by atoms with Crippen LogP contribution in [0.5, 0.6) is 5.88 Å². The number of carbonyl (C=O) groups excluding carboxylic acids is 1. The molecular weight excluding hydrogens is 518 g/mol. The van der Waals surface area contributed by atoms with Crippen molar-refractivity contribution in [2.75, 3.05) is 17.3 Å². The van der Waals surface area contributed by atoms with Crippen molar-refractivity contribution < 1.29 is 22.7 Å². The van der Waals surface area contributed by atoms with Crippen LogP contribution in [0.2, 0.25) is 0 Å². The molecule has 3 N–H and O–H groups in total. The Hall–Kier alpha value is -3.31. The molecule has 0 aromatic carbocycles. The highest BCUT2D eigenvalue weighted by atomic mass is 32.2. The van der Waals surface area contributed by atoms with E-state index in [0.29, 0.717) is 47.0 Å². The van der Waals surface area contributed by atoms with Gasteiger partial charge in [0.2, 0.25) is 5.88 Å². The van der Waals surface area contributed by atoms with Crippen LogP contribution in [0.3, 0.4) is 0 Å². The molecule has 39 heavy (non-hydrogen) atoms. The summed E-state index contributed by atoms with van der Waals surface area (Å²) in [6.45, 7) is 11.5. The number of hydrogen-bond donors (Lipinski definition) is 2. The van der Waals surface area contributed by atoms with Gasteiger partial charge < -0.3 is 20.5 Å². The molecule has 1 aliphatic rings. The summed E-state index contributed by atoms with van der Waals surface area (Å²) in [5, 5.41) is 4.75. The maximum Gasteiger partial charge on any atom is 0.340 e. The number of nitrogens with two attached hydrogens (primary N) is 1. The van der Waals surface area contributed by atoms with Crippen molar-refractivity contribution in [2.24, 2.45) is 5.73 Å². The molecule has 4 heterocycles. The number of carbonyl (C=O) groups is 1. The maximum absolute atomic E-state index is 12.5. The maximum atomic E-state index is 12.5. The summed E-state index contributed by atoms with van der Waals surface area (Å²) in [5.74, 6) is 0.992. The first-order valence-corrected chi connectivity index (χ1v) is 15.1. The van der Waals surface area contributed by atoms with Gasteiger partial charge in [0.1, 0.15) is 27.1 Å². The first-order valence-electron chi connectivity index (χ1n) is 13.0. The van der Waals surface area contributed by atoms with Gasteiger partial charge in [0.15, 0.2) is 0 Å². The Bertz CT molecular complexity index is 1520. The van der Waals surface area contributed by atoms with Crippen molar-refractivity contribution in [2.45, 2.75) is 77.5 Å². The van der Waals surface area contributed by atoms with Crippen LogP contribution < -0.4 is 15.8 Å². The van der Waals surface area contributed by atoms with Gasteiger partial charge >= 0.3 is 5.97 Å². The van der Waals surface area contributed by atoms with E-state index in [2.05, 4.69) is 15.3 Å². The third-order valence-electron chi connectivity index (χ3n) is 7.50. The molecule has 3 atom stereocenters. The minimum Gasteiger partial charge on any atom is -0.474 e. The van der Waals surface area contributed by atoms with Gasteiger partial charge in [-0.3, -0.25) is 0 Å². The second-order valence-corrected chi connectivity index (χ2v) is 13.4. The molecule has 10 nitrogen and oxygen atoms in total. The average molecular weight is 556 g/mol. The zero-order valence-corrected chi connectivity index (χ0v) is 24.3. The summed E-state index contributed by atoms with van der Waals surface area (Å²) in [6, 6.07) is 5.32. The summed E-state index contributed by atoms with van der Waals surface area (Å²) in [7, 11) is -3.11. The molecule has 0 bridgehead atoms. The van der Waals surface area contributed by atoms with Crippen LogP contribution in [0.15, 0.2) is 30.6 Å². The molecule has 0 saturated heterocycles. The number of aromatic nitrogens is 3. The number of hydrogen-bond acceptors (Lipinski definition) is 10. The molecular formula is C28H37N5O5S. The third kappa shape index (κ3) is 6.14. The zero-order chi connectivity index (χ0) is 28.8. The number of fused-ring (bicyclic) bond motifs is 2. The lowest BCUT2D eigenvalue weighted by Crippen LogP contribution is -2.39. The molecule has 1 aliphatic heterocycles. The number of cyclic esters (lactones) is 1. The van der Waals surface area contributed by atoms with E-state index in [0.717, 1.165) is 10.9 Å². The number of nitrogens with zero attached hydrogens (tertiary/aromatic N) is 3. The second kappa shape index (κ2) is 10.3. The van der Waals surface area contributed by atoms with E-state index >= 15 is 0 Å². The predicted molar refractivity (Wildman–Crippen MR) is 151 cm³/mol. The van der Waals surface area contributed by atoms with E-state index in [9.17, 15) is 13.2 Å². The summed E-state index contributed by atoms with van der Waals surface area (Å²) in [5.41, 5.74) is 7.28. The van der Waals surface area contributed by atoms with Crippen molar-refractivity contribution in [3.63, 3.8) is 0 Å². The fraction of sp³-hybridized carbons (Fsp3) is 0.500. The van der Waals surface area contributed by atoms with Gasteiger partial charge in [0.05, 0.1) is 28.5 Å². The molecule has 0 unspecified atom stereocenters. The smallest absolute Gasteiger partial charge is 0.340 e. The predicted octanol–water partition coefficient (Wildman–Crippen LogP) is 4.61. The summed E-state index contributed by atoms with van der Waals surface area (Å²) < 4.78 is 34.8. The number of esters is 1. The number of pyridine rings is 3. The molecule has 3 aromatic rings. The molecule has 0 aliphatic carbocycles.